The zero-order valence-electron chi connectivity index (χ0n) is 12.9. The number of amides is 2. The van der Waals surface area contributed by atoms with Gasteiger partial charge in [0.2, 0.25) is 5.91 Å². The highest BCUT2D eigenvalue weighted by Gasteiger charge is 2.38. The second-order valence-corrected chi connectivity index (χ2v) is 6.81. The van der Waals surface area contributed by atoms with Crippen LogP contribution in [0, 0.1) is 9.62 Å². The molecule has 1 fully saturated rings. The van der Waals surface area contributed by atoms with Gasteiger partial charge in [0.25, 0.3) is 0 Å². The lowest BCUT2D eigenvalue weighted by molar-refractivity contribution is -0.142. The third-order valence-corrected chi connectivity index (χ3v) is 4.40. The van der Waals surface area contributed by atoms with Gasteiger partial charge in [0.05, 0.1) is 7.11 Å². The average molecular weight is 420 g/mol. The molecule has 0 radical (unpaired) electrons. The third kappa shape index (κ3) is 3.90. The number of methoxy groups -OCH3 is 1. The summed E-state index contributed by atoms with van der Waals surface area (Å²) >= 11 is 2.15. The maximum atomic E-state index is 12.6. The van der Waals surface area contributed by atoms with Crippen LogP contribution in [0.15, 0.2) is 6.20 Å². The number of likely N-dealkylation sites (tertiary alicyclic amines) is 1. The summed E-state index contributed by atoms with van der Waals surface area (Å²) < 4.78 is 5.52. The van der Waals surface area contributed by atoms with Crippen LogP contribution in [0.1, 0.15) is 26.1 Å². The van der Waals surface area contributed by atoms with Crippen molar-refractivity contribution in [3.05, 3.63) is 15.7 Å². The normalized spacial score (nSPS) is 18.8. The molecule has 0 spiro atoms. The van der Waals surface area contributed by atoms with Crippen molar-refractivity contribution in [2.24, 2.45) is 5.92 Å². The molecule has 2 rings (SSSR count). The number of H-pyrrole nitrogens is 1. The third-order valence-electron chi connectivity index (χ3n) is 3.85. The van der Waals surface area contributed by atoms with Crippen LogP contribution in [0.4, 0.5) is 4.79 Å². The highest BCUT2D eigenvalue weighted by atomic mass is 127. The van der Waals surface area contributed by atoms with Gasteiger partial charge in [-0.05, 0) is 34.9 Å². The molecule has 1 aromatic rings. The standard InChI is InChI=1S/C14H21IN4O3/c1-8(2)12(18-14(21)22-3)13(20)19-5-4-9(19)6-11-16-7-10(15)17-11/h7-9,12H,4-6H2,1-3H3,(H,16,17)(H,18,21)/t9-,12-/m0/s1. The summed E-state index contributed by atoms with van der Waals surface area (Å²) in [7, 11) is 1.29. The van der Waals surface area contributed by atoms with E-state index in [-0.39, 0.29) is 17.9 Å². The predicted molar refractivity (Wildman–Crippen MR) is 89.3 cm³/mol. The molecular formula is C14H21IN4O3. The summed E-state index contributed by atoms with van der Waals surface area (Å²) in [6.07, 6.45) is 2.92. The van der Waals surface area contributed by atoms with Gasteiger partial charge in [-0.25, -0.2) is 9.78 Å². The summed E-state index contributed by atoms with van der Waals surface area (Å²) in [5.74, 6) is 0.823. The van der Waals surface area contributed by atoms with E-state index in [0.717, 1.165) is 15.9 Å². The summed E-state index contributed by atoms with van der Waals surface area (Å²) in [5.41, 5.74) is 0. The van der Waals surface area contributed by atoms with Crippen LogP contribution in [-0.4, -0.2) is 52.6 Å². The number of hydrogen-bond donors (Lipinski definition) is 2. The van der Waals surface area contributed by atoms with Crippen LogP contribution < -0.4 is 5.32 Å². The van der Waals surface area contributed by atoms with Crippen molar-refractivity contribution in [3.8, 4) is 0 Å². The first-order valence-electron chi connectivity index (χ1n) is 7.27. The van der Waals surface area contributed by atoms with E-state index in [1.54, 1.807) is 0 Å². The Balaban J connectivity index is 1.99. The molecule has 2 atom stereocenters. The van der Waals surface area contributed by atoms with Crippen LogP contribution >= 0.6 is 22.6 Å². The Morgan fingerprint density at radius 3 is 2.77 bits per heavy atom. The van der Waals surface area contributed by atoms with Gasteiger partial charge in [-0.15, -0.1) is 0 Å². The molecule has 0 unspecified atom stereocenters. The van der Waals surface area contributed by atoms with Crippen molar-refractivity contribution < 1.29 is 14.3 Å². The summed E-state index contributed by atoms with van der Waals surface area (Å²) in [5, 5.41) is 2.63. The molecule has 7 nitrogen and oxygen atoms in total. The molecular weight excluding hydrogens is 399 g/mol. The van der Waals surface area contributed by atoms with Crippen LogP contribution in [0.2, 0.25) is 0 Å². The molecule has 0 saturated carbocycles. The van der Waals surface area contributed by atoms with Gasteiger partial charge in [0.1, 0.15) is 15.6 Å². The number of carbonyl (C=O) groups is 2. The van der Waals surface area contributed by atoms with E-state index in [9.17, 15) is 9.59 Å². The summed E-state index contributed by atoms with van der Waals surface area (Å²) in [6, 6.07) is -0.429. The van der Waals surface area contributed by atoms with E-state index < -0.39 is 12.1 Å². The molecule has 0 aliphatic carbocycles. The van der Waals surface area contributed by atoms with Crippen LogP contribution in [-0.2, 0) is 16.0 Å². The molecule has 122 valence electrons. The smallest absolute Gasteiger partial charge is 0.407 e. The molecule has 1 saturated heterocycles. The Hall–Kier alpha value is -1.32. The number of imidazole rings is 1. The largest absolute Gasteiger partial charge is 0.453 e. The van der Waals surface area contributed by atoms with Gasteiger partial charge >= 0.3 is 6.09 Å². The van der Waals surface area contributed by atoms with E-state index in [4.69, 9.17) is 0 Å². The van der Waals surface area contributed by atoms with Gasteiger partial charge in [-0.3, -0.25) is 4.79 Å². The Kier molecular flexibility index (Phi) is 5.65. The average Bonchev–Trinajstić information content (AvgIpc) is 2.85. The topological polar surface area (TPSA) is 87.3 Å². The highest BCUT2D eigenvalue weighted by Crippen LogP contribution is 2.23. The fraction of sp³-hybridized carbons (Fsp3) is 0.643. The predicted octanol–water partition coefficient (Wildman–Crippen LogP) is 1.54. The molecule has 2 heterocycles. The first kappa shape index (κ1) is 17.0. The lowest BCUT2D eigenvalue weighted by Crippen LogP contribution is -2.59. The van der Waals surface area contributed by atoms with Crippen LogP contribution in [0.25, 0.3) is 0 Å². The number of nitrogens with one attached hydrogen (secondary N) is 2. The lowest BCUT2D eigenvalue weighted by Gasteiger charge is -2.43. The maximum Gasteiger partial charge on any atom is 0.407 e. The molecule has 1 aliphatic rings. The second kappa shape index (κ2) is 7.30. The minimum Gasteiger partial charge on any atom is -0.453 e. The Morgan fingerprint density at radius 2 is 2.32 bits per heavy atom. The Bertz CT molecular complexity index is 546. The fourth-order valence-electron chi connectivity index (χ4n) is 2.49. The first-order valence-corrected chi connectivity index (χ1v) is 8.35. The SMILES string of the molecule is COC(=O)N[C@H](C(=O)N1CC[C@H]1Cc1nc(I)c[nH]1)C(C)C. The fourth-order valence-corrected chi connectivity index (χ4v) is 2.93. The van der Waals surface area contributed by atoms with Gasteiger partial charge < -0.3 is 19.9 Å². The van der Waals surface area contributed by atoms with E-state index in [0.29, 0.717) is 13.0 Å². The van der Waals surface area contributed by atoms with Crippen LogP contribution in [0.3, 0.4) is 0 Å². The number of alkyl carbamates (subject to hydrolysis) is 1. The maximum absolute atomic E-state index is 12.6. The Labute approximate surface area is 143 Å². The van der Waals surface area contributed by atoms with Crippen molar-refractivity contribution in [1.82, 2.24) is 20.2 Å². The lowest BCUT2D eigenvalue weighted by atomic mass is 9.95. The molecule has 8 heteroatoms. The minimum atomic E-state index is -0.579. The zero-order chi connectivity index (χ0) is 16.3. The van der Waals surface area contributed by atoms with Gasteiger partial charge in [0.15, 0.2) is 0 Å². The van der Waals surface area contributed by atoms with E-state index in [1.165, 1.54) is 7.11 Å². The summed E-state index contributed by atoms with van der Waals surface area (Å²) in [6.45, 7) is 4.53. The van der Waals surface area contributed by atoms with Crippen LogP contribution in [0.5, 0.6) is 0 Å². The van der Waals surface area contributed by atoms with Gasteiger partial charge in [0, 0.05) is 25.2 Å². The molecule has 1 aliphatic heterocycles. The zero-order valence-corrected chi connectivity index (χ0v) is 15.1. The monoisotopic (exact) mass is 420 g/mol. The molecule has 0 aromatic carbocycles. The molecule has 2 amide bonds. The number of rotatable bonds is 5. The van der Waals surface area contributed by atoms with E-state index in [2.05, 4.69) is 42.6 Å². The molecule has 1 aromatic heterocycles. The number of aromatic nitrogens is 2. The number of ether oxygens (including phenoxy) is 1. The number of halogens is 1. The van der Waals surface area contributed by atoms with Crippen molar-refractivity contribution in [2.45, 2.75) is 38.8 Å². The number of nitrogens with zero attached hydrogens (tertiary/aromatic N) is 2. The van der Waals surface area contributed by atoms with Crippen molar-refractivity contribution >= 4 is 34.6 Å². The van der Waals surface area contributed by atoms with Crippen molar-refractivity contribution in [2.75, 3.05) is 13.7 Å². The van der Waals surface area contributed by atoms with Gasteiger partial charge in [-0.2, -0.15) is 0 Å². The second-order valence-electron chi connectivity index (χ2n) is 5.71. The quantitative estimate of drug-likeness (QED) is 0.708. The van der Waals surface area contributed by atoms with Crippen molar-refractivity contribution in [3.63, 3.8) is 0 Å². The van der Waals surface area contributed by atoms with E-state index >= 15 is 0 Å². The number of carbonyl (C=O) groups excluding carboxylic acids is 2. The van der Waals surface area contributed by atoms with Gasteiger partial charge in [-0.1, -0.05) is 13.8 Å². The van der Waals surface area contributed by atoms with Crippen molar-refractivity contribution in [1.29, 1.82) is 0 Å². The van der Waals surface area contributed by atoms with E-state index in [1.807, 2.05) is 24.9 Å². The highest BCUT2D eigenvalue weighted by molar-refractivity contribution is 14.1. The number of hydrogen-bond acceptors (Lipinski definition) is 4. The minimum absolute atomic E-state index is 0.00240. The molecule has 2 N–H and O–H groups in total. The molecule has 0 bridgehead atoms. The first-order chi connectivity index (χ1) is 10.4. The summed E-state index contributed by atoms with van der Waals surface area (Å²) in [4.78, 5) is 33.4. The number of aromatic amines is 1. The Morgan fingerprint density at radius 1 is 1.59 bits per heavy atom. The molecule has 22 heavy (non-hydrogen) atoms.